The van der Waals surface area contributed by atoms with E-state index in [1.807, 2.05) is 18.2 Å². The van der Waals surface area contributed by atoms with Gasteiger partial charge in [0.05, 0.1) is 17.6 Å². The third-order valence-corrected chi connectivity index (χ3v) is 7.13. The number of amides is 1. The van der Waals surface area contributed by atoms with Gasteiger partial charge in [0.25, 0.3) is 6.43 Å². The van der Waals surface area contributed by atoms with Crippen LogP contribution in [0.15, 0.2) is 42.7 Å². The lowest BCUT2D eigenvalue weighted by Crippen LogP contribution is -2.36. The molecule has 0 bridgehead atoms. The maximum atomic E-state index is 14.0. The minimum Gasteiger partial charge on any atom is -0.357 e. The summed E-state index contributed by atoms with van der Waals surface area (Å²) >= 11 is 0. The van der Waals surface area contributed by atoms with Crippen LogP contribution in [-0.4, -0.2) is 38.3 Å². The first-order chi connectivity index (χ1) is 17.5. The number of hydrogen-bond donors (Lipinski definition) is 2. The number of nitrogens with zero attached hydrogens (tertiary/aromatic N) is 3. The summed E-state index contributed by atoms with van der Waals surface area (Å²) in [5, 5.41) is 13.7. The lowest BCUT2D eigenvalue weighted by Gasteiger charge is -2.29. The van der Waals surface area contributed by atoms with Crippen LogP contribution >= 0.6 is 0 Å². The lowest BCUT2D eigenvalue weighted by atomic mass is 9.75. The number of carbonyl (C=O) groups is 2. The van der Waals surface area contributed by atoms with Crippen LogP contribution in [0.3, 0.4) is 0 Å². The van der Waals surface area contributed by atoms with Gasteiger partial charge in [-0.15, -0.1) is 0 Å². The van der Waals surface area contributed by atoms with E-state index in [1.54, 1.807) is 18.3 Å². The molecular weight excluding hydrogens is 468 g/mol. The molecule has 3 aromatic rings. The van der Waals surface area contributed by atoms with Crippen molar-refractivity contribution in [1.29, 1.82) is 0 Å². The van der Waals surface area contributed by atoms with Gasteiger partial charge in [-0.3, -0.25) is 14.7 Å². The van der Waals surface area contributed by atoms with Gasteiger partial charge in [0.1, 0.15) is 5.69 Å². The normalized spacial score (nSPS) is 22.5. The van der Waals surface area contributed by atoms with E-state index < -0.39 is 30.4 Å². The monoisotopic (exact) mass is 497 g/mol. The Labute approximate surface area is 207 Å². The van der Waals surface area contributed by atoms with Crippen molar-refractivity contribution in [3.63, 3.8) is 0 Å². The first-order valence-electron chi connectivity index (χ1n) is 12.5. The summed E-state index contributed by atoms with van der Waals surface area (Å²) in [6.07, 6.45) is 4.67. The molecule has 1 unspecified atom stereocenters. The van der Waals surface area contributed by atoms with Gasteiger partial charge >= 0.3 is 0 Å². The van der Waals surface area contributed by atoms with Crippen LogP contribution in [0, 0.1) is 11.8 Å². The molecule has 0 spiro atoms. The Kier molecular flexibility index (Phi) is 7.22. The molecule has 8 nitrogen and oxygen atoms in total. The van der Waals surface area contributed by atoms with Crippen molar-refractivity contribution in [3.8, 4) is 11.3 Å². The molecule has 190 valence electrons. The predicted molar refractivity (Wildman–Crippen MR) is 128 cm³/mol. The van der Waals surface area contributed by atoms with Crippen LogP contribution < -0.4 is 5.32 Å². The molecule has 2 N–H and O–H groups in total. The quantitative estimate of drug-likeness (QED) is 0.418. The number of ketones is 1. The topological polar surface area (TPSA) is 102 Å². The highest BCUT2D eigenvalue weighted by Crippen LogP contribution is 2.36. The fraction of sp³-hybridized carbons (Fsp3) is 0.462. The molecule has 3 atom stereocenters. The van der Waals surface area contributed by atoms with E-state index in [9.17, 15) is 18.4 Å². The summed E-state index contributed by atoms with van der Waals surface area (Å²) in [4.78, 5) is 26.7. The minimum absolute atomic E-state index is 0.0238. The van der Waals surface area contributed by atoms with Crippen molar-refractivity contribution in [2.45, 2.75) is 57.6 Å². The van der Waals surface area contributed by atoms with Crippen molar-refractivity contribution < 1.29 is 23.1 Å². The molecule has 10 heteroatoms. The Morgan fingerprint density at radius 1 is 1.03 bits per heavy atom. The average molecular weight is 498 g/mol. The summed E-state index contributed by atoms with van der Waals surface area (Å²) in [6.45, 7) is 0.490. The van der Waals surface area contributed by atoms with E-state index in [4.69, 9.17) is 4.74 Å². The molecule has 1 aromatic carbocycles. The maximum absolute atomic E-state index is 14.0. The third kappa shape index (κ3) is 4.95. The molecule has 1 saturated heterocycles. The fourth-order valence-electron chi connectivity index (χ4n) is 5.26. The van der Waals surface area contributed by atoms with E-state index in [0.29, 0.717) is 31.4 Å². The molecule has 2 aliphatic rings. The zero-order valence-electron chi connectivity index (χ0n) is 19.8. The van der Waals surface area contributed by atoms with E-state index in [2.05, 4.69) is 20.6 Å². The summed E-state index contributed by atoms with van der Waals surface area (Å²) in [6, 6.07) is 9.00. The molecule has 2 aromatic heterocycles. The smallest absolute Gasteiger partial charge is 0.282 e. The Bertz CT molecular complexity index is 1190. The Morgan fingerprint density at radius 3 is 2.44 bits per heavy atom. The van der Waals surface area contributed by atoms with Crippen molar-refractivity contribution in [2.24, 2.45) is 11.8 Å². The molecular formula is C26H29F2N5O3. The lowest BCUT2D eigenvalue weighted by molar-refractivity contribution is -0.122. The molecule has 5 rings (SSSR count). The summed E-state index contributed by atoms with van der Waals surface area (Å²) in [5.41, 5.74) is 1.80. The number of hydrogen-bond acceptors (Lipinski definition) is 5. The number of H-pyrrole nitrogens is 1. The number of benzene rings is 1. The second-order valence-corrected chi connectivity index (χ2v) is 9.40. The largest absolute Gasteiger partial charge is 0.357 e. The first-order valence-corrected chi connectivity index (χ1v) is 12.5. The van der Waals surface area contributed by atoms with Crippen molar-refractivity contribution >= 4 is 17.4 Å². The van der Waals surface area contributed by atoms with Gasteiger partial charge in [0.2, 0.25) is 5.91 Å². The zero-order valence-corrected chi connectivity index (χ0v) is 19.8. The van der Waals surface area contributed by atoms with Gasteiger partial charge in [0, 0.05) is 35.8 Å². The van der Waals surface area contributed by atoms with Gasteiger partial charge in [-0.25, -0.2) is 13.5 Å². The highest BCUT2D eigenvalue weighted by molar-refractivity contribution is 6.03. The van der Waals surface area contributed by atoms with Gasteiger partial charge in [-0.2, -0.15) is 10.2 Å². The first kappa shape index (κ1) is 24.3. The average Bonchev–Trinajstić information content (AvgIpc) is 3.60. The molecule has 36 heavy (non-hydrogen) atoms. The van der Waals surface area contributed by atoms with Crippen LogP contribution in [-0.2, 0) is 9.53 Å². The van der Waals surface area contributed by atoms with E-state index in [-0.39, 0.29) is 17.2 Å². The number of Topliss-reactive ketones (excluding diaryl/α,β-unsaturated/α-hetero) is 1. The van der Waals surface area contributed by atoms with Gasteiger partial charge in [-0.05, 0) is 38.2 Å². The van der Waals surface area contributed by atoms with Crippen LogP contribution in [0.1, 0.15) is 73.7 Å². The third-order valence-electron chi connectivity index (χ3n) is 7.13. The van der Waals surface area contributed by atoms with Crippen molar-refractivity contribution in [3.05, 3.63) is 54.0 Å². The van der Waals surface area contributed by atoms with Gasteiger partial charge in [0.15, 0.2) is 12.0 Å². The SMILES string of the molecule is O=C(Nc1cnn(C2CCCCO2)c1C(F)F)[C@@H]1CCCC[C@H]1C(=O)c1ccc(-c2cc[nH]n2)cc1. The number of halogens is 2. The molecule has 2 fully saturated rings. The Morgan fingerprint density at radius 2 is 1.78 bits per heavy atom. The van der Waals surface area contributed by atoms with Gasteiger partial charge in [-0.1, -0.05) is 37.1 Å². The van der Waals surface area contributed by atoms with E-state index in [1.165, 1.54) is 10.9 Å². The van der Waals surface area contributed by atoms with Crippen LogP contribution in [0.5, 0.6) is 0 Å². The highest BCUT2D eigenvalue weighted by atomic mass is 19.3. The molecule has 1 saturated carbocycles. The summed E-state index contributed by atoms with van der Waals surface area (Å²) in [7, 11) is 0. The zero-order chi connectivity index (χ0) is 25.1. The standard InChI is InChI=1S/C26H29F2N5O3/c27-25(28)23-21(15-30-33(23)22-7-3-4-14-36-22)31-26(35)19-6-2-1-5-18(19)24(34)17-10-8-16(9-11-17)20-12-13-29-32-20/h8-13,15,18-19,22,25H,1-7,14H2,(H,29,32)(H,31,35)/t18-,19-,22?/m1/s1. The number of alkyl halides is 2. The van der Waals surface area contributed by atoms with Gasteiger partial charge < -0.3 is 10.1 Å². The van der Waals surface area contributed by atoms with Crippen molar-refractivity contribution in [2.75, 3.05) is 11.9 Å². The summed E-state index contributed by atoms with van der Waals surface area (Å²) < 4.78 is 34.8. The maximum Gasteiger partial charge on any atom is 0.282 e. The Balaban J connectivity index is 1.33. The predicted octanol–water partition coefficient (Wildman–Crippen LogP) is 5.54. The molecule has 1 aliphatic heterocycles. The molecule has 1 aliphatic carbocycles. The number of aromatic amines is 1. The molecule has 1 amide bonds. The number of aromatic nitrogens is 4. The number of anilines is 1. The van der Waals surface area contributed by atoms with Crippen LogP contribution in [0.4, 0.5) is 14.5 Å². The molecule has 0 radical (unpaired) electrons. The van der Waals surface area contributed by atoms with E-state index >= 15 is 0 Å². The Hall–Kier alpha value is -3.40. The minimum atomic E-state index is -2.83. The second kappa shape index (κ2) is 10.7. The number of ether oxygens (including phenoxy) is 1. The second-order valence-electron chi connectivity index (χ2n) is 9.40. The number of nitrogens with one attached hydrogen (secondary N) is 2. The molecule has 3 heterocycles. The van der Waals surface area contributed by atoms with Crippen molar-refractivity contribution in [1.82, 2.24) is 20.0 Å². The highest BCUT2D eigenvalue weighted by Gasteiger charge is 2.37. The number of carbonyl (C=O) groups excluding carboxylic acids is 2. The van der Waals surface area contributed by atoms with E-state index in [0.717, 1.165) is 36.9 Å². The number of rotatable bonds is 7. The fourth-order valence-corrected chi connectivity index (χ4v) is 5.26. The van der Waals surface area contributed by atoms with Crippen LogP contribution in [0.2, 0.25) is 0 Å². The summed E-state index contributed by atoms with van der Waals surface area (Å²) in [5.74, 6) is -1.64. The van der Waals surface area contributed by atoms with Crippen LogP contribution in [0.25, 0.3) is 11.3 Å².